The molecule has 0 unspecified atom stereocenters. The molecular weight excluding hydrogens is 439 g/mol. The van der Waals surface area contributed by atoms with E-state index in [0.717, 1.165) is 22.1 Å². The fourth-order valence-corrected chi connectivity index (χ4v) is 6.21. The van der Waals surface area contributed by atoms with Gasteiger partial charge in [0.05, 0.1) is 5.48 Å². The average Bonchev–Trinajstić information content (AvgIpc) is 3.20. The minimum absolute atomic E-state index is 0.0662. The summed E-state index contributed by atoms with van der Waals surface area (Å²) in [5, 5.41) is 0. The summed E-state index contributed by atoms with van der Waals surface area (Å²) in [6.45, 7) is 4.09. The van der Waals surface area contributed by atoms with E-state index in [0.29, 0.717) is 22.7 Å². The van der Waals surface area contributed by atoms with E-state index in [1.807, 2.05) is 24.3 Å². The second kappa shape index (κ2) is 6.92. The number of para-hydroxylation sites is 1. The predicted molar refractivity (Wildman–Crippen MR) is 147 cm³/mol. The quantitative estimate of drug-likeness (QED) is 0.261. The molecule has 0 saturated heterocycles. The van der Waals surface area contributed by atoms with Crippen LogP contribution in [0.25, 0.3) is 22.3 Å². The first-order valence-electron chi connectivity index (χ1n) is 14.2. The molecule has 0 bridgehead atoms. The van der Waals surface area contributed by atoms with Crippen molar-refractivity contribution in [3.8, 4) is 45.3 Å². The van der Waals surface area contributed by atoms with Gasteiger partial charge in [0.1, 0.15) is 23.0 Å². The van der Waals surface area contributed by atoms with E-state index in [4.69, 9.17) is 15.0 Å². The van der Waals surface area contributed by atoms with Crippen molar-refractivity contribution in [2.45, 2.75) is 19.3 Å². The van der Waals surface area contributed by atoms with Crippen LogP contribution < -0.4 is 25.9 Å². The summed E-state index contributed by atoms with van der Waals surface area (Å²) in [5.41, 5.74) is 9.26. The highest BCUT2D eigenvalue weighted by molar-refractivity contribution is 6.98. The molecule has 0 atom stereocenters. The van der Waals surface area contributed by atoms with Crippen LogP contribution in [0, 0.1) is 0 Å². The zero-order chi connectivity index (χ0) is 27.5. The normalized spacial score (nSPS) is 16.6. The Kier molecular flexibility index (Phi) is 3.16. The van der Waals surface area contributed by atoms with E-state index in [1.165, 1.54) is 22.3 Å². The van der Waals surface area contributed by atoms with Crippen LogP contribution in [0.4, 0.5) is 0 Å². The van der Waals surface area contributed by atoms with Gasteiger partial charge in [-0.3, -0.25) is 0 Å². The number of benzene rings is 5. The van der Waals surface area contributed by atoms with Crippen molar-refractivity contribution in [3.63, 3.8) is 0 Å². The molecule has 0 fully saturated rings. The molecule has 0 saturated carbocycles. The standard InChI is InChI=1S/C33H23BO2/c1-33(2)24-9-4-3-8-22(24)23-18-20(14-16-25(23)33)21-15-17-29-27(19-21)34-26-10-5-6-11-28(26)35-30-12-7-13-31(36-29)32(30)34/h3-19H,1-2H3/i5D,6D,10D,11D. The van der Waals surface area contributed by atoms with E-state index in [2.05, 4.69) is 68.4 Å². The molecule has 1 aliphatic carbocycles. The Balaban J connectivity index is 1.34. The first-order chi connectivity index (χ1) is 19.3. The third-order valence-corrected chi connectivity index (χ3v) is 7.95. The molecule has 8 rings (SSSR count). The monoisotopic (exact) mass is 466 g/mol. The summed E-state index contributed by atoms with van der Waals surface area (Å²) < 4.78 is 46.4. The molecule has 170 valence electrons. The molecule has 0 N–H and O–H groups in total. The summed E-state index contributed by atoms with van der Waals surface area (Å²) >= 11 is 0. The highest BCUT2D eigenvalue weighted by atomic mass is 16.5. The lowest BCUT2D eigenvalue weighted by Crippen LogP contribution is -2.57. The maximum atomic E-state index is 8.82. The topological polar surface area (TPSA) is 18.5 Å². The van der Waals surface area contributed by atoms with Gasteiger partial charge in [-0.25, -0.2) is 0 Å². The van der Waals surface area contributed by atoms with Crippen LogP contribution >= 0.6 is 0 Å². The van der Waals surface area contributed by atoms with Crippen LogP contribution in [-0.2, 0) is 5.41 Å². The SMILES string of the molecule is [2H]c1c([2H])c([2H])c2c(c1[2H])Oc1cccc3c1B2c1cc(-c2ccc4c(c2)-c2ccccc2C4(C)C)ccc1O3. The summed E-state index contributed by atoms with van der Waals surface area (Å²) in [4.78, 5) is 0. The fourth-order valence-electron chi connectivity index (χ4n) is 6.21. The third kappa shape index (κ3) is 2.58. The minimum Gasteiger partial charge on any atom is -0.458 e. The van der Waals surface area contributed by atoms with Gasteiger partial charge in [0, 0.05) is 10.9 Å². The van der Waals surface area contributed by atoms with Gasteiger partial charge in [-0.05, 0) is 74.6 Å². The van der Waals surface area contributed by atoms with Gasteiger partial charge in [0.2, 0.25) is 0 Å². The van der Waals surface area contributed by atoms with Crippen molar-refractivity contribution in [2.75, 3.05) is 0 Å². The Bertz CT molecular complexity index is 1950. The maximum absolute atomic E-state index is 8.82. The van der Waals surface area contributed by atoms with Crippen molar-refractivity contribution >= 4 is 23.1 Å². The molecule has 0 radical (unpaired) electrons. The zero-order valence-corrected chi connectivity index (χ0v) is 19.9. The largest absolute Gasteiger partial charge is 0.458 e. The number of hydrogen-bond acceptors (Lipinski definition) is 2. The Morgan fingerprint density at radius 3 is 2.25 bits per heavy atom. The van der Waals surface area contributed by atoms with E-state index in [9.17, 15) is 0 Å². The van der Waals surface area contributed by atoms with Crippen LogP contribution in [-0.4, -0.2) is 6.71 Å². The number of rotatable bonds is 1. The minimum atomic E-state index is -0.450. The number of ether oxygens (including phenoxy) is 2. The van der Waals surface area contributed by atoms with Crippen molar-refractivity contribution in [1.29, 1.82) is 0 Å². The molecule has 36 heavy (non-hydrogen) atoms. The number of fused-ring (bicyclic) bond motifs is 7. The van der Waals surface area contributed by atoms with Crippen LogP contribution in [0.2, 0.25) is 0 Å². The van der Waals surface area contributed by atoms with Crippen molar-refractivity contribution in [1.82, 2.24) is 0 Å². The number of hydrogen-bond donors (Lipinski definition) is 0. The summed E-state index contributed by atoms with van der Waals surface area (Å²) in [6, 6.07) is 26.1. The highest BCUT2D eigenvalue weighted by Gasteiger charge is 2.40. The molecular formula is C33H23BO2. The summed E-state index contributed by atoms with van der Waals surface area (Å²) in [7, 11) is 0. The maximum Gasteiger partial charge on any atom is 0.260 e. The van der Waals surface area contributed by atoms with Gasteiger partial charge < -0.3 is 9.47 Å². The van der Waals surface area contributed by atoms with Gasteiger partial charge >= 0.3 is 0 Å². The Hall–Kier alpha value is -4.24. The zero-order valence-electron chi connectivity index (χ0n) is 23.9. The lowest BCUT2D eigenvalue weighted by molar-refractivity contribution is 0.464. The smallest absolute Gasteiger partial charge is 0.260 e. The van der Waals surface area contributed by atoms with E-state index in [1.54, 1.807) is 0 Å². The van der Waals surface area contributed by atoms with Gasteiger partial charge in [-0.15, -0.1) is 0 Å². The summed E-state index contributed by atoms with van der Waals surface area (Å²) in [5.74, 6) is 2.03. The van der Waals surface area contributed by atoms with Crippen LogP contribution in [0.3, 0.4) is 0 Å². The van der Waals surface area contributed by atoms with E-state index >= 15 is 0 Å². The van der Waals surface area contributed by atoms with E-state index in [-0.39, 0.29) is 35.3 Å². The van der Waals surface area contributed by atoms with Gasteiger partial charge in [-0.1, -0.05) is 86.6 Å². The molecule has 2 aliphatic heterocycles. The van der Waals surface area contributed by atoms with Crippen LogP contribution in [0.15, 0.2) is 103 Å². The second-order valence-corrected chi connectivity index (χ2v) is 10.2. The molecule has 5 aromatic carbocycles. The predicted octanol–water partition coefficient (Wildman–Crippen LogP) is 6.39. The molecule has 2 nitrogen and oxygen atoms in total. The van der Waals surface area contributed by atoms with Crippen LogP contribution in [0.5, 0.6) is 23.0 Å². The van der Waals surface area contributed by atoms with Gasteiger partial charge in [-0.2, -0.15) is 0 Å². The van der Waals surface area contributed by atoms with Crippen molar-refractivity contribution in [3.05, 3.63) is 114 Å². The van der Waals surface area contributed by atoms with Crippen molar-refractivity contribution in [2.24, 2.45) is 0 Å². The lowest BCUT2D eigenvalue weighted by Gasteiger charge is -2.33. The molecule has 5 aromatic rings. The van der Waals surface area contributed by atoms with Crippen molar-refractivity contribution < 1.29 is 15.0 Å². The highest BCUT2D eigenvalue weighted by Crippen LogP contribution is 2.49. The van der Waals surface area contributed by atoms with Crippen LogP contribution in [0.1, 0.15) is 30.5 Å². The average molecular weight is 466 g/mol. The molecule has 2 heterocycles. The molecule has 0 amide bonds. The molecule has 3 aliphatic rings. The summed E-state index contributed by atoms with van der Waals surface area (Å²) in [6.07, 6.45) is 0. The fraction of sp³-hybridized carbons (Fsp3) is 0.0909. The Morgan fingerprint density at radius 1 is 0.639 bits per heavy atom. The first-order valence-corrected chi connectivity index (χ1v) is 12.2. The second-order valence-electron chi connectivity index (χ2n) is 10.2. The van der Waals surface area contributed by atoms with Gasteiger partial charge in [0.25, 0.3) is 6.71 Å². The Labute approximate surface area is 216 Å². The molecule has 3 heteroatoms. The third-order valence-electron chi connectivity index (χ3n) is 7.95. The van der Waals surface area contributed by atoms with Gasteiger partial charge in [0.15, 0.2) is 0 Å². The first kappa shape index (κ1) is 16.4. The molecule has 0 aromatic heterocycles. The molecule has 0 spiro atoms. The Morgan fingerprint density at radius 2 is 1.36 bits per heavy atom. The van der Waals surface area contributed by atoms with E-state index < -0.39 is 6.71 Å². The lowest BCUT2D eigenvalue weighted by atomic mass is 9.35.